The van der Waals surface area contributed by atoms with Crippen LogP contribution in [0.5, 0.6) is 5.75 Å². The fraction of sp³-hybridized carbons (Fsp3) is 0.250. The Hall–Kier alpha value is -3.40. The third kappa shape index (κ3) is 6.89. The molecule has 2 aromatic rings. The van der Waals surface area contributed by atoms with E-state index < -0.39 is 28.4 Å². The summed E-state index contributed by atoms with van der Waals surface area (Å²) in [5.41, 5.74) is 4.07. The van der Waals surface area contributed by atoms with E-state index in [1.165, 1.54) is 13.3 Å². The largest absolute Gasteiger partial charge is 0.482 e. The number of sulfonamides is 1. The Balaban J connectivity index is 2.01. The van der Waals surface area contributed by atoms with Gasteiger partial charge in [0.2, 0.25) is 10.0 Å². The quantitative estimate of drug-likeness (QED) is 0.364. The first kappa shape index (κ1) is 22.9. The summed E-state index contributed by atoms with van der Waals surface area (Å²) in [4.78, 5) is 23.4. The summed E-state index contributed by atoms with van der Waals surface area (Å²) in [6, 6.07) is 13.6. The second-order valence-corrected chi connectivity index (χ2v) is 8.19. The van der Waals surface area contributed by atoms with Crippen LogP contribution in [0.15, 0.2) is 53.6 Å². The minimum Gasteiger partial charge on any atom is -0.482 e. The SMILES string of the molecule is COC(=O)COc1cccc(/C=N\NC(=O)CN(c2ccccc2C)S(C)(=O)=O)c1. The molecular weight excluding hydrogens is 410 g/mol. The zero-order valence-electron chi connectivity index (χ0n) is 16.9. The number of methoxy groups -OCH3 is 1. The molecule has 0 bridgehead atoms. The molecular formula is C20H23N3O6S. The van der Waals surface area contributed by atoms with Crippen LogP contribution in [0.4, 0.5) is 5.69 Å². The van der Waals surface area contributed by atoms with Gasteiger partial charge in [0.05, 0.1) is 25.3 Å². The van der Waals surface area contributed by atoms with Crippen LogP contribution < -0.4 is 14.5 Å². The second-order valence-electron chi connectivity index (χ2n) is 6.29. The maximum Gasteiger partial charge on any atom is 0.343 e. The number of hydrogen-bond acceptors (Lipinski definition) is 7. The lowest BCUT2D eigenvalue weighted by Crippen LogP contribution is -2.39. The Bertz CT molecular complexity index is 1040. The highest BCUT2D eigenvalue weighted by Crippen LogP contribution is 2.21. The Morgan fingerprint density at radius 3 is 2.57 bits per heavy atom. The van der Waals surface area contributed by atoms with E-state index in [-0.39, 0.29) is 6.61 Å². The number of ether oxygens (including phenoxy) is 2. The van der Waals surface area contributed by atoms with Crippen molar-refractivity contribution in [1.82, 2.24) is 5.43 Å². The maximum atomic E-state index is 12.2. The molecule has 0 spiro atoms. The molecule has 1 amide bonds. The summed E-state index contributed by atoms with van der Waals surface area (Å²) in [7, 11) is -2.40. The third-order valence-electron chi connectivity index (χ3n) is 3.92. The Morgan fingerprint density at radius 1 is 1.17 bits per heavy atom. The fourth-order valence-corrected chi connectivity index (χ4v) is 3.37. The lowest BCUT2D eigenvalue weighted by molar-refractivity contribution is -0.142. The first-order valence-electron chi connectivity index (χ1n) is 8.85. The molecule has 2 rings (SSSR count). The van der Waals surface area contributed by atoms with Crippen LogP contribution >= 0.6 is 0 Å². The van der Waals surface area contributed by atoms with E-state index in [0.29, 0.717) is 17.0 Å². The lowest BCUT2D eigenvalue weighted by atomic mass is 10.2. The van der Waals surface area contributed by atoms with Gasteiger partial charge < -0.3 is 9.47 Å². The number of carbonyl (C=O) groups is 2. The smallest absolute Gasteiger partial charge is 0.343 e. The monoisotopic (exact) mass is 433 g/mol. The number of hydrazone groups is 1. The summed E-state index contributed by atoms with van der Waals surface area (Å²) in [5.74, 6) is -0.679. The van der Waals surface area contributed by atoms with Crippen LogP contribution in [0.3, 0.4) is 0 Å². The lowest BCUT2D eigenvalue weighted by Gasteiger charge is -2.23. The average Bonchev–Trinajstić information content (AvgIpc) is 2.70. The van der Waals surface area contributed by atoms with Crippen molar-refractivity contribution in [3.63, 3.8) is 0 Å². The molecule has 0 atom stereocenters. The second kappa shape index (κ2) is 10.4. The van der Waals surface area contributed by atoms with Gasteiger partial charge in [0.1, 0.15) is 12.3 Å². The number of aryl methyl sites for hydroxylation is 1. The van der Waals surface area contributed by atoms with Crippen molar-refractivity contribution in [2.45, 2.75) is 6.92 Å². The van der Waals surface area contributed by atoms with Crippen molar-refractivity contribution < 1.29 is 27.5 Å². The van der Waals surface area contributed by atoms with Crippen molar-refractivity contribution in [2.24, 2.45) is 5.10 Å². The Labute approximate surface area is 175 Å². The van der Waals surface area contributed by atoms with Crippen LogP contribution in [0.25, 0.3) is 0 Å². The number of nitrogens with one attached hydrogen (secondary N) is 1. The molecule has 0 radical (unpaired) electrons. The zero-order chi connectivity index (χ0) is 22.1. The van der Waals surface area contributed by atoms with E-state index in [1.807, 2.05) is 0 Å². The van der Waals surface area contributed by atoms with Gasteiger partial charge in [0, 0.05) is 0 Å². The van der Waals surface area contributed by atoms with E-state index in [1.54, 1.807) is 55.5 Å². The molecule has 0 unspecified atom stereocenters. The first-order valence-corrected chi connectivity index (χ1v) is 10.7. The minimum absolute atomic E-state index is 0.228. The van der Waals surface area contributed by atoms with Gasteiger partial charge in [0.15, 0.2) is 6.61 Å². The molecule has 0 aliphatic carbocycles. The highest BCUT2D eigenvalue weighted by Gasteiger charge is 2.21. The van der Waals surface area contributed by atoms with Crippen molar-refractivity contribution in [3.05, 3.63) is 59.7 Å². The van der Waals surface area contributed by atoms with Crippen molar-refractivity contribution in [2.75, 3.05) is 30.8 Å². The molecule has 30 heavy (non-hydrogen) atoms. The summed E-state index contributed by atoms with van der Waals surface area (Å²) >= 11 is 0. The predicted molar refractivity (Wildman–Crippen MR) is 113 cm³/mol. The third-order valence-corrected chi connectivity index (χ3v) is 5.04. The molecule has 0 saturated heterocycles. The van der Waals surface area contributed by atoms with Gasteiger partial charge in [-0.3, -0.25) is 9.10 Å². The van der Waals surface area contributed by atoms with Gasteiger partial charge in [-0.15, -0.1) is 0 Å². The van der Waals surface area contributed by atoms with E-state index in [9.17, 15) is 18.0 Å². The number of hydrogen-bond donors (Lipinski definition) is 1. The molecule has 0 fully saturated rings. The molecule has 9 nitrogen and oxygen atoms in total. The summed E-state index contributed by atoms with van der Waals surface area (Å²) in [5, 5.41) is 3.85. The standard InChI is InChI=1S/C20H23N3O6S/c1-15-7-4-5-10-18(15)23(30(3,26)27)13-19(24)22-21-12-16-8-6-9-17(11-16)29-14-20(25)28-2/h4-12H,13-14H2,1-3H3,(H,22,24)/b21-12-. The fourth-order valence-electron chi connectivity index (χ4n) is 2.45. The first-order chi connectivity index (χ1) is 14.2. The summed E-state index contributed by atoms with van der Waals surface area (Å²) in [6.45, 7) is 1.12. The molecule has 0 aromatic heterocycles. The van der Waals surface area contributed by atoms with Gasteiger partial charge in [-0.05, 0) is 36.2 Å². The van der Waals surface area contributed by atoms with Crippen LogP contribution in [0.1, 0.15) is 11.1 Å². The van der Waals surface area contributed by atoms with Gasteiger partial charge in [0.25, 0.3) is 5.91 Å². The van der Waals surface area contributed by atoms with Crippen LogP contribution in [0, 0.1) is 6.92 Å². The molecule has 0 aliphatic heterocycles. The van der Waals surface area contributed by atoms with Crippen molar-refractivity contribution in [1.29, 1.82) is 0 Å². The number of benzene rings is 2. The van der Waals surface area contributed by atoms with Crippen LogP contribution in [-0.4, -0.2) is 53.0 Å². The normalized spacial score (nSPS) is 11.2. The summed E-state index contributed by atoms with van der Waals surface area (Å²) < 4.78 is 35.1. The number of anilines is 1. The maximum absolute atomic E-state index is 12.2. The molecule has 0 heterocycles. The minimum atomic E-state index is -3.67. The highest BCUT2D eigenvalue weighted by molar-refractivity contribution is 7.92. The molecule has 2 aromatic carbocycles. The number of para-hydroxylation sites is 1. The molecule has 1 N–H and O–H groups in total. The zero-order valence-corrected chi connectivity index (χ0v) is 17.7. The van der Waals surface area contributed by atoms with Gasteiger partial charge in [-0.2, -0.15) is 5.10 Å². The van der Waals surface area contributed by atoms with E-state index in [4.69, 9.17) is 4.74 Å². The van der Waals surface area contributed by atoms with Crippen molar-refractivity contribution >= 4 is 33.8 Å². The summed E-state index contributed by atoms with van der Waals surface area (Å²) in [6.07, 6.45) is 2.41. The van der Waals surface area contributed by atoms with Crippen LogP contribution in [0.2, 0.25) is 0 Å². The molecule has 0 saturated carbocycles. The average molecular weight is 433 g/mol. The number of rotatable bonds is 9. The molecule has 0 aliphatic rings. The topological polar surface area (TPSA) is 114 Å². The van der Waals surface area contributed by atoms with Crippen molar-refractivity contribution in [3.8, 4) is 5.75 Å². The van der Waals surface area contributed by atoms with E-state index >= 15 is 0 Å². The van der Waals surface area contributed by atoms with Gasteiger partial charge >= 0.3 is 5.97 Å². The highest BCUT2D eigenvalue weighted by atomic mass is 32.2. The van der Waals surface area contributed by atoms with Gasteiger partial charge in [-0.25, -0.2) is 18.6 Å². The number of amides is 1. The molecule has 160 valence electrons. The Morgan fingerprint density at radius 2 is 1.90 bits per heavy atom. The predicted octanol–water partition coefficient (Wildman–Crippen LogP) is 1.46. The van der Waals surface area contributed by atoms with E-state index in [2.05, 4.69) is 15.3 Å². The number of carbonyl (C=O) groups excluding carboxylic acids is 2. The van der Waals surface area contributed by atoms with Gasteiger partial charge in [-0.1, -0.05) is 30.3 Å². The Kier molecular flexibility index (Phi) is 7.93. The number of esters is 1. The van der Waals surface area contributed by atoms with E-state index in [0.717, 1.165) is 16.1 Å². The molecule has 10 heteroatoms. The van der Waals surface area contributed by atoms with Crippen LogP contribution in [-0.2, 0) is 24.3 Å². The number of nitrogens with zero attached hydrogens (tertiary/aromatic N) is 2.